The van der Waals surface area contributed by atoms with Crippen molar-refractivity contribution >= 4 is 18.7 Å². The van der Waals surface area contributed by atoms with Gasteiger partial charge in [0.1, 0.15) is 0 Å². The van der Waals surface area contributed by atoms with Crippen molar-refractivity contribution in [2.24, 2.45) is 5.73 Å². The van der Waals surface area contributed by atoms with Crippen LogP contribution in [0.1, 0.15) is 0 Å². The van der Waals surface area contributed by atoms with Gasteiger partial charge in [-0.2, -0.15) is 0 Å². The fourth-order valence-electron chi connectivity index (χ4n) is 0.284. The molecule has 0 unspecified atom stereocenters. The van der Waals surface area contributed by atoms with Crippen LogP contribution in [0.2, 0.25) is 0 Å². The van der Waals surface area contributed by atoms with Gasteiger partial charge >= 0.3 is 79.1 Å². The summed E-state index contributed by atoms with van der Waals surface area (Å²) in [5.41, 5.74) is 5.83. The zero-order chi connectivity index (χ0) is 7.98. The molecule has 0 fully saturated rings. The van der Waals surface area contributed by atoms with Crippen LogP contribution in [0, 0.1) is 11.3 Å². The van der Waals surface area contributed by atoms with E-state index in [1.165, 1.54) is 25.4 Å². The molecule has 0 radical (unpaired) electrons. The molecule has 0 saturated carbocycles. The molecule has 2 nitrogen and oxygen atoms in total. The number of hydrogen-bond donors (Lipinski definition) is 1. The third kappa shape index (κ3) is 5.94. The molecule has 2 N–H and O–H groups in total. The topological polar surface area (TPSA) is 49.8 Å². The van der Waals surface area contributed by atoms with Gasteiger partial charge in [0.05, 0.1) is 0 Å². The van der Waals surface area contributed by atoms with Gasteiger partial charge in [0.15, 0.2) is 0 Å². The van der Waals surface area contributed by atoms with Crippen LogP contribution in [0.25, 0.3) is 0 Å². The average Bonchev–Trinajstić information content (AvgIpc) is 1.85. The van der Waals surface area contributed by atoms with Crippen LogP contribution >= 0.6 is 15.9 Å². The maximum atomic E-state index is 8.15. The molecule has 0 aromatic heterocycles. The van der Waals surface area contributed by atoms with E-state index in [4.69, 9.17) is 11.0 Å². The monoisotopic (exact) mass is 368 g/mol. The van der Waals surface area contributed by atoms with Crippen LogP contribution < -0.4 is 5.73 Å². The average molecular weight is 369 g/mol. The van der Waals surface area contributed by atoms with Crippen LogP contribution in [0.15, 0.2) is 23.9 Å². The van der Waals surface area contributed by atoms with Crippen LogP contribution in [0.4, 0.5) is 0 Å². The minimum absolute atomic E-state index is 0.473. The molecule has 0 atom stereocenters. The van der Waals surface area contributed by atoms with Crippen molar-refractivity contribution in [3.63, 3.8) is 0 Å². The number of rotatable bonds is 2. The van der Waals surface area contributed by atoms with E-state index in [2.05, 4.69) is 15.9 Å². The molecule has 0 saturated heterocycles. The molecule has 0 bridgehead atoms. The van der Waals surface area contributed by atoms with Crippen molar-refractivity contribution in [3.05, 3.63) is 23.9 Å². The van der Waals surface area contributed by atoms with E-state index >= 15 is 0 Å². The van der Waals surface area contributed by atoms with Crippen LogP contribution in [0.3, 0.4) is 0 Å². The Bertz CT molecular complexity index is 224. The fraction of sp³-hybridized carbons (Fsp3) is 0. The Balaban J connectivity index is 4.05. The summed E-state index contributed by atoms with van der Waals surface area (Å²) in [6.45, 7) is 0. The van der Waals surface area contributed by atoms with E-state index in [1.807, 2.05) is 12.1 Å². The normalized spacial score (nSPS) is 11.4. The quantitative estimate of drug-likeness (QED) is 0.583. The van der Waals surface area contributed by atoms with Gasteiger partial charge in [-0.3, -0.25) is 0 Å². The Morgan fingerprint density at radius 1 is 1.60 bits per heavy atom. The molecule has 10 heavy (non-hydrogen) atoms. The van der Waals surface area contributed by atoms with Gasteiger partial charge in [-0.05, 0) is 0 Å². The SMILES string of the molecule is N#CC=C(N)/C=C\[C](Br)=[W]. The van der Waals surface area contributed by atoms with E-state index in [0.29, 0.717) is 5.70 Å². The molecule has 0 heterocycles. The first-order valence-electron chi connectivity index (χ1n) is 2.39. The molecule has 4 heteroatoms. The van der Waals surface area contributed by atoms with E-state index in [9.17, 15) is 0 Å². The predicted molar refractivity (Wildman–Crippen MR) is 41.0 cm³/mol. The van der Waals surface area contributed by atoms with Crippen molar-refractivity contribution in [2.45, 2.75) is 0 Å². The summed E-state index contributed by atoms with van der Waals surface area (Å²) in [7, 11) is 0. The van der Waals surface area contributed by atoms with E-state index in [-0.39, 0.29) is 0 Å². The Kier molecular flexibility index (Phi) is 5.48. The first-order valence-corrected chi connectivity index (χ1v) is 4.65. The summed E-state index contributed by atoms with van der Waals surface area (Å²) in [6.07, 6.45) is 4.79. The molecule has 0 spiro atoms. The Hall–Kier alpha value is -0.192. The second-order valence-electron chi connectivity index (χ2n) is 1.41. The summed E-state index contributed by atoms with van der Waals surface area (Å²) in [5, 5.41) is 8.15. The van der Waals surface area contributed by atoms with E-state index in [0.717, 1.165) is 2.81 Å². The zero-order valence-electron chi connectivity index (χ0n) is 5.04. The third-order valence-electron chi connectivity index (χ3n) is 0.638. The second kappa shape index (κ2) is 5.58. The van der Waals surface area contributed by atoms with Crippen LogP contribution in [-0.2, 0) is 19.4 Å². The standard InChI is InChI=1S/C6H5BrN2.W/c7-4-1-2-6(9)3-5-8;/h1-3H,9H2;/b2-1-,6-3?;. The van der Waals surface area contributed by atoms with Crippen molar-refractivity contribution in [3.8, 4) is 6.07 Å². The first kappa shape index (κ1) is 9.81. The molecule has 0 aromatic rings. The summed E-state index contributed by atoms with van der Waals surface area (Å²) >= 11 is 4.58. The number of nitrogens with two attached hydrogens (primary N) is 1. The van der Waals surface area contributed by atoms with Crippen molar-refractivity contribution < 1.29 is 19.4 Å². The van der Waals surface area contributed by atoms with Crippen molar-refractivity contribution in [2.75, 3.05) is 0 Å². The molecule has 0 aromatic carbocycles. The van der Waals surface area contributed by atoms with Crippen LogP contribution in [0.5, 0.6) is 0 Å². The van der Waals surface area contributed by atoms with Gasteiger partial charge in [0.2, 0.25) is 0 Å². The zero-order valence-corrected chi connectivity index (χ0v) is 9.56. The molecular weight excluding hydrogens is 364 g/mol. The third-order valence-corrected chi connectivity index (χ3v) is 1.39. The predicted octanol–water partition coefficient (Wildman–Crippen LogP) is 0.980. The number of nitrogens with zero attached hydrogens (tertiary/aromatic N) is 1. The maximum absolute atomic E-state index is 8.15. The number of halogens is 1. The molecule has 0 amide bonds. The van der Waals surface area contributed by atoms with E-state index in [1.54, 1.807) is 6.08 Å². The Labute approximate surface area is 78.9 Å². The van der Waals surface area contributed by atoms with Gasteiger partial charge < -0.3 is 0 Å². The Morgan fingerprint density at radius 3 is 2.60 bits per heavy atom. The fourth-order valence-corrected chi connectivity index (χ4v) is 0.661. The van der Waals surface area contributed by atoms with E-state index < -0.39 is 0 Å². The second-order valence-corrected chi connectivity index (χ2v) is 5.92. The molecular formula is C6H5BrN2W. The summed E-state index contributed by atoms with van der Waals surface area (Å²) < 4.78 is 1.06. The molecule has 0 rings (SSSR count). The molecule has 0 aliphatic heterocycles. The summed E-state index contributed by atoms with van der Waals surface area (Å²) in [4.78, 5) is 0. The van der Waals surface area contributed by atoms with Gasteiger partial charge in [-0.25, -0.2) is 0 Å². The van der Waals surface area contributed by atoms with Gasteiger partial charge in [0, 0.05) is 0 Å². The minimum atomic E-state index is 0.473. The summed E-state index contributed by atoms with van der Waals surface area (Å²) in [6, 6.07) is 1.84. The molecule has 52 valence electrons. The summed E-state index contributed by atoms with van der Waals surface area (Å²) in [5.74, 6) is 0. The number of nitriles is 1. The number of hydrogen-bond acceptors (Lipinski definition) is 2. The van der Waals surface area contributed by atoms with Gasteiger partial charge in [-0.1, -0.05) is 0 Å². The van der Waals surface area contributed by atoms with Gasteiger partial charge in [0.25, 0.3) is 0 Å². The first-order chi connectivity index (χ1) is 4.66. The molecule has 0 aliphatic rings. The van der Waals surface area contributed by atoms with Gasteiger partial charge in [-0.15, -0.1) is 0 Å². The van der Waals surface area contributed by atoms with Crippen LogP contribution in [-0.4, -0.2) is 2.81 Å². The molecule has 0 aliphatic carbocycles. The number of allylic oxidation sites excluding steroid dienone is 3. The van der Waals surface area contributed by atoms with Crippen molar-refractivity contribution in [1.82, 2.24) is 0 Å². The van der Waals surface area contributed by atoms with Crippen molar-refractivity contribution in [1.29, 1.82) is 5.26 Å². The Morgan fingerprint density at radius 2 is 2.20 bits per heavy atom.